The molecule has 0 radical (unpaired) electrons. The molecule has 27 heavy (non-hydrogen) atoms. The number of primary amides is 1. The van der Waals surface area contributed by atoms with Crippen molar-refractivity contribution in [3.05, 3.63) is 23.8 Å². The third kappa shape index (κ3) is 6.33. The van der Waals surface area contributed by atoms with Gasteiger partial charge in [0.15, 0.2) is 18.1 Å². The molecule has 1 aromatic rings. The Morgan fingerprint density at radius 2 is 1.89 bits per heavy atom. The molecule has 0 aliphatic carbocycles. The summed E-state index contributed by atoms with van der Waals surface area (Å²) in [6, 6.07) is 4.59. The van der Waals surface area contributed by atoms with Gasteiger partial charge in [-0.15, -0.1) is 0 Å². The van der Waals surface area contributed by atoms with Crippen LogP contribution in [0.15, 0.2) is 18.2 Å². The van der Waals surface area contributed by atoms with Gasteiger partial charge in [-0.2, -0.15) is 13.2 Å². The van der Waals surface area contributed by atoms with Crippen molar-refractivity contribution < 1.29 is 32.2 Å². The van der Waals surface area contributed by atoms with E-state index in [-0.39, 0.29) is 35.7 Å². The summed E-state index contributed by atoms with van der Waals surface area (Å²) in [4.78, 5) is 25.2. The van der Waals surface area contributed by atoms with Crippen LogP contribution < -0.4 is 15.2 Å². The Labute approximate surface area is 155 Å². The van der Waals surface area contributed by atoms with Crippen molar-refractivity contribution in [2.24, 2.45) is 11.7 Å². The number of carbonyl (C=O) groups excluding carboxylic acids is 2. The van der Waals surface area contributed by atoms with Gasteiger partial charge in [-0.3, -0.25) is 9.59 Å². The van der Waals surface area contributed by atoms with Crippen LogP contribution in [0.2, 0.25) is 0 Å². The molecule has 1 aromatic carbocycles. The summed E-state index contributed by atoms with van der Waals surface area (Å²) in [6.07, 6.45) is -2.62. The lowest BCUT2D eigenvalue weighted by atomic mass is 9.96. The van der Waals surface area contributed by atoms with E-state index in [1.54, 1.807) is 17.0 Å². The Kier molecular flexibility index (Phi) is 6.92. The first-order valence-electron chi connectivity index (χ1n) is 8.63. The molecule has 0 bridgehead atoms. The number of piperidine rings is 1. The second-order valence-corrected chi connectivity index (χ2v) is 6.45. The highest BCUT2D eigenvalue weighted by Gasteiger charge is 2.29. The zero-order valence-corrected chi connectivity index (χ0v) is 15.1. The van der Waals surface area contributed by atoms with Gasteiger partial charge in [-0.1, -0.05) is 6.07 Å². The van der Waals surface area contributed by atoms with Crippen LogP contribution in [0.1, 0.15) is 24.8 Å². The number of nitrogens with zero attached hydrogens (tertiary/aromatic N) is 1. The maximum atomic E-state index is 12.3. The molecule has 1 fully saturated rings. The summed E-state index contributed by atoms with van der Waals surface area (Å²) in [5, 5.41) is 0. The van der Waals surface area contributed by atoms with E-state index in [9.17, 15) is 22.8 Å². The van der Waals surface area contributed by atoms with E-state index < -0.39 is 12.8 Å². The van der Waals surface area contributed by atoms with Crippen molar-refractivity contribution in [1.29, 1.82) is 0 Å². The Bertz CT molecular complexity index is 671. The summed E-state index contributed by atoms with van der Waals surface area (Å²) in [6.45, 7) is -0.400. The maximum Gasteiger partial charge on any atom is 0.422 e. The predicted molar refractivity (Wildman–Crippen MR) is 91.4 cm³/mol. The molecule has 1 saturated heterocycles. The highest BCUT2D eigenvalue weighted by atomic mass is 19.4. The zero-order chi connectivity index (χ0) is 20.0. The maximum absolute atomic E-state index is 12.3. The van der Waals surface area contributed by atoms with Gasteiger partial charge in [0.25, 0.3) is 0 Å². The fourth-order valence-electron chi connectivity index (χ4n) is 2.97. The molecule has 9 heteroatoms. The molecule has 2 amide bonds. The highest BCUT2D eigenvalue weighted by Crippen LogP contribution is 2.30. The van der Waals surface area contributed by atoms with Gasteiger partial charge >= 0.3 is 6.18 Å². The van der Waals surface area contributed by atoms with Gasteiger partial charge in [0.1, 0.15) is 0 Å². The number of aryl methyl sites for hydroxylation is 1. The molecule has 6 nitrogen and oxygen atoms in total. The molecular formula is C18H23F3N2O4. The first-order chi connectivity index (χ1) is 12.7. The van der Waals surface area contributed by atoms with Crippen molar-refractivity contribution in [3.8, 4) is 11.5 Å². The summed E-state index contributed by atoms with van der Waals surface area (Å²) >= 11 is 0. The Morgan fingerprint density at radius 3 is 2.44 bits per heavy atom. The summed E-state index contributed by atoms with van der Waals surface area (Å²) < 4.78 is 46.6. The van der Waals surface area contributed by atoms with Crippen molar-refractivity contribution in [1.82, 2.24) is 4.90 Å². The zero-order valence-electron chi connectivity index (χ0n) is 15.1. The minimum absolute atomic E-state index is 0.00146. The van der Waals surface area contributed by atoms with Gasteiger partial charge in [-0.05, 0) is 37.0 Å². The van der Waals surface area contributed by atoms with Crippen molar-refractivity contribution in [2.75, 3.05) is 26.8 Å². The molecule has 0 atom stereocenters. The predicted octanol–water partition coefficient (Wildman–Crippen LogP) is 2.29. The number of hydrogen-bond acceptors (Lipinski definition) is 4. The van der Waals surface area contributed by atoms with Crippen LogP contribution in [0.5, 0.6) is 11.5 Å². The number of ether oxygens (including phenoxy) is 2. The SMILES string of the molecule is COc1cc(CCC(=O)N2CCC(C(N)=O)CC2)ccc1OCC(F)(F)F. The van der Waals surface area contributed by atoms with E-state index in [0.717, 1.165) is 5.56 Å². The third-order valence-corrected chi connectivity index (χ3v) is 4.50. The monoisotopic (exact) mass is 388 g/mol. The number of halogens is 3. The molecule has 150 valence electrons. The lowest BCUT2D eigenvalue weighted by Crippen LogP contribution is -2.41. The van der Waals surface area contributed by atoms with E-state index in [0.29, 0.717) is 32.4 Å². The molecule has 2 N–H and O–H groups in total. The first kappa shape index (κ1) is 20.9. The van der Waals surface area contributed by atoms with E-state index in [1.807, 2.05) is 0 Å². The second-order valence-electron chi connectivity index (χ2n) is 6.45. The molecule has 0 saturated carbocycles. The topological polar surface area (TPSA) is 81.9 Å². The minimum atomic E-state index is -4.43. The van der Waals surface area contributed by atoms with Crippen LogP contribution in [0.4, 0.5) is 13.2 Å². The molecule has 0 aromatic heterocycles. The lowest BCUT2D eigenvalue weighted by Gasteiger charge is -2.30. The first-order valence-corrected chi connectivity index (χ1v) is 8.63. The van der Waals surface area contributed by atoms with Crippen LogP contribution in [0.3, 0.4) is 0 Å². The largest absolute Gasteiger partial charge is 0.493 e. The normalized spacial score (nSPS) is 15.5. The van der Waals surface area contributed by atoms with Crippen LogP contribution in [0, 0.1) is 5.92 Å². The molecule has 0 unspecified atom stereocenters. The number of benzene rings is 1. The quantitative estimate of drug-likeness (QED) is 0.777. The number of methoxy groups -OCH3 is 1. The van der Waals surface area contributed by atoms with Gasteiger partial charge < -0.3 is 20.1 Å². The summed E-state index contributed by atoms with van der Waals surface area (Å²) in [5.41, 5.74) is 6.04. The Hall–Kier alpha value is -2.45. The van der Waals surface area contributed by atoms with Gasteiger partial charge in [-0.25, -0.2) is 0 Å². The van der Waals surface area contributed by atoms with E-state index in [4.69, 9.17) is 15.2 Å². The number of likely N-dealkylation sites (tertiary alicyclic amines) is 1. The van der Waals surface area contributed by atoms with E-state index in [1.165, 1.54) is 13.2 Å². The molecule has 2 rings (SSSR count). The van der Waals surface area contributed by atoms with Crippen LogP contribution in [0.25, 0.3) is 0 Å². The Balaban J connectivity index is 1.88. The van der Waals surface area contributed by atoms with E-state index in [2.05, 4.69) is 0 Å². The van der Waals surface area contributed by atoms with Gasteiger partial charge in [0, 0.05) is 25.4 Å². The van der Waals surface area contributed by atoms with Gasteiger partial charge in [0.2, 0.25) is 11.8 Å². The molecule has 0 spiro atoms. The third-order valence-electron chi connectivity index (χ3n) is 4.50. The van der Waals surface area contributed by atoms with Crippen LogP contribution in [-0.4, -0.2) is 49.7 Å². The number of nitrogens with two attached hydrogens (primary N) is 1. The average molecular weight is 388 g/mol. The van der Waals surface area contributed by atoms with Crippen LogP contribution >= 0.6 is 0 Å². The number of hydrogen-bond donors (Lipinski definition) is 1. The smallest absolute Gasteiger partial charge is 0.422 e. The number of amides is 2. The van der Waals surface area contributed by atoms with Crippen molar-refractivity contribution in [3.63, 3.8) is 0 Å². The number of alkyl halides is 3. The molecule has 1 aliphatic rings. The second kappa shape index (κ2) is 8.96. The Morgan fingerprint density at radius 1 is 1.22 bits per heavy atom. The van der Waals surface area contributed by atoms with Crippen molar-refractivity contribution >= 4 is 11.8 Å². The number of rotatable bonds is 7. The standard InChI is InChI=1S/C18H23F3N2O4/c1-26-15-10-12(2-4-14(15)27-11-18(19,20)21)3-5-16(24)23-8-6-13(7-9-23)17(22)25/h2,4,10,13H,3,5-9,11H2,1H3,(H2,22,25). The van der Waals surface area contributed by atoms with Crippen LogP contribution in [-0.2, 0) is 16.0 Å². The lowest BCUT2D eigenvalue weighted by molar-refractivity contribution is -0.153. The van der Waals surface area contributed by atoms with Gasteiger partial charge in [0.05, 0.1) is 7.11 Å². The summed E-state index contributed by atoms with van der Waals surface area (Å²) in [5.74, 6) is -0.358. The molecular weight excluding hydrogens is 365 g/mol. The summed E-state index contributed by atoms with van der Waals surface area (Å²) in [7, 11) is 1.34. The fraction of sp³-hybridized carbons (Fsp3) is 0.556. The minimum Gasteiger partial charge on any atom is -0.493 e. The molecule has 1 aliphatic heterocycles. The van der Waals surface area contributed by atoms with Crippen molar-refractivity contribution in [2.45, 2.75) is 31.9 Å². The molecule has 1 heterocycles. The number of carbonyl (C=O) groups is 2. The highest BCUT2D eigenvalue weighted by molar-refractivity contribution is 5.79. The average Bonchev–Trinajstić information content (AvgIpc) is 2.64. The van der Waals surface area contributed by atoms with E-state index >= 15 is 0 Å². The fourth-order valence-corrected chi connectivity index (χ4v) is 2.97.